The maximum Gasteiger partial charge on any atom is 0.134 e. The van der Waals surface area contributed by atoms with E-state index >= 15 is 0 Å². The highest BCUT2D eigenvalue weighted by Crippen LogP contribution is 2.31. The van der Waals surface area contributed by atoms with Gasteiger partial charge in [-0.05, 0) is 23.4 Å². The van der Waals surface area contributed by atoms with Crippen LogP contribution in [-0.2, 0) is 0 Å². The summed E-state index contributed by atoms with van der Waals surface area (Å²) in [6, 6.07) is 7.05. The summed E-state index contributed by atoms with van der Waals surface area (Å²) >= 11 is 1.32. The molecule has 0 aliphatic rings. The first-order valence-corrected chi connectivity index (χ1v) is 6.54. The molecule has 1 aromatic carbocycles. The van der Waals surface area contributed by atoms with Crippen LogP contribution in [0, 0.1) is 4.91 Å². The van der Waals surface area contributed by atoms with Gasteiger partial charge >= 0.3 is 0 Å². The number of pyridine rings is 1. The van der Waals surface area contributed by atoms with E-state index in [9.17, 15) is 9.30 Å². The lowest BCUT2D eigenvalue weighted by Crippen LogP contribution is -1.82. The molecule has 3 nitrogen and oxygen atoms in total. The molecule has 0 spiro atoms. The molecule has 20 heavy (non-hydrogen) atoms. The number of allylic oxidation sites excluding steroid dienone is 3. The van der Waals surface area contributed by atoms with Crippen LogP contribution in [0.1, 0.15) is 0 Å². The Morgan fingerprint density at radius 2 is 2.25 bits per heavy atom. The number of aromatic nitrogens is 1. The summed E-state index contributed by atoms with van der Waals surface area (Å²) in [5, 5.41) is 3.74. The van der Waals surface area contributed by atoms with Crippen molar-refractivity contribution >= 4 is 28.4 Å². The second kappa shape index (κ2) is 6.25. The highest BCUT2D eigenvalue weighted by molar-refractivity contribution is 8.03. The van der Waals surface area contributed by atoms with E-state index in [0.717, 1.165) is 10.3 Å². The van der Waals surface area contributed by atoms with Crippen LogP contribution in [0.15, 0.2) is 76.6 Å². The van der Waals surface area contributed by atoms with E-state index in [0.29, 0.717) is 16.1 Å². The van der Waals surface area contributed by atoms with Crippen molar-refractivity contribution in [2.75, 3.05) is 0 Å². The third kappa shape index (κ3) is 3.19. The smallest absolute Gasteiger partial charge is 0.134 e. The molecule has 2 aromatic rings. The number of rotatable bonds is 5. The number of para-hydroxylation sites is 1. The summed E-state index contributed by atoms with van der Waals surface area (Å²) in [7, 11) is 0. The van der Waals surface area contributed by atoms with Crippen LogP contribution in [0.5, 0.6) is 0 Å². The standard InChI is InChI=1S/C15H11FN2OS/c1-3-12(7-10(2)16)20-13-8-11-5-4-6-14(18-19)15(11)17-9-13/h3-9H,1-2H2/b12-7+. The Balaban J connectivity index is 2.40. The van der Waals surface area contributed by atoms with Crippen LogP contribution in [-0.4, -0.2) is 4.98 Å². The fourth-order valence-electron chi connectivity index (χ4n) is 1.67. The minimum Gasteiger partial charge on any atom is -0.253 e. The highest BCUT2D eigenvalue weighted by Gasteiger charge is 2.05. The van der Waals surface area contributed by atoms with Crippen molar-refractivity contribution in [2.45, 2.75) is 4.90 Å². The molecule has 2 rings (SSSR count). The quantitative estimate of drug-likeness (QED) is 0.426. The van der Waals surface area contributed by atoms with Crippen LogP contribution < -0.4 is 0 Å². The zero-order chi connectivity index (χ0) is 14.5. The average Bonchev–Trinajstić information content (AvgIpc) is 2.45. The van der Waals surface area contributed by atoms with Gasteiger partial charge in [-0.3, -0.25) is 4.98 Å². The average molecular weight is 286 g/mol. The SMILES string of the molecule is C=C/C(=C\C(=C)F)Sc1cnc2c(N=O)cccc2c1. The fraction of sp³-hybridized carbons (Fsp3) is 0. The van der Waals surface area contributed by atoms with Gasteiger partial charge in [-0.15, -0.1) is 4.91 Å². The summed E-state index contributed by atoms with van der Waals surface area (Å²) in [5.74, 6) is -0.534. The molecule has 0 fully saturated rings. The van der Waals surface area contributed by atoms with E-state index < -0.39 is 5.83 Å². The van der Waals surface area contributed by atoms with Crippen molar-refractivity contribution in [1.82, 2.24) is 4.98 Å². The first kappa shape index (κ1) is 14.1. The monoisotopic (exact) mass is 286 g/mol. The minimum atomic E-state index is -0.534. The molecule has 0 saturated carbocycles. The van der Waals surface area contributed by atoms with Gasteiger partial charge in [-0.25, -0.2) is 4.39 Å². The molecule has 100 valence electrons. The van der Waals surface area contributed by atoms with Gasteiger partial charge in [-0.1, -0.05) is 43.1 Å². The Hall–Kier alpha value is -2.27. The van der Waals surface area contributed by atoms with Crippen molar-refractivity contribution < 1.29 is 4.39 Å². The maximum absolute atomic E-state index is 12.8. The number of benzene rings is 1. The van der Waals surface area contributed by atoms with Gasteiger partial charge in [0.1, 0.15) is 11.5 Å². The Morgan fingerprint density at radius 1 is 1.45 bits per heavy atom. The Kier molecular flexibility index (Phi) is 4.42. The Bertz CT molecular complexity index is 725. The minimum absolute atomic E-state index is 0.302. The normalized spacial score (nSPS) is 11.3. The van der Waals surface area contributed by atoms with E-state index in [-0.39, 0.29) is 0 Å². The molecular weight excluding hydrogens is 275 g/mol. The van der Waals surface area contributed by atoms with Gasteiger partial charge in [-0.2, -0.15) is 0 Å². The second-order valence-electron chi connectivity index (χ2n) is 3.91. The lowest BCUT2D eigenvalue weighted by atomic mass is 10.2. The van der Waals surface area contributed by atoms with E-state index in [1.807, 2.05) is 12.1 Å². The molecule has 0 radical (unpaired) electrons. The molecule has 0 bridgehead atoms. The topological polar surface area (TPSA) is 42.3 Å². The Morgan fingerprint density at radius 3 is 2.90 bits per heavy atom. The van der Waals surface area contributed by atoms with Gasteiger partial charge in [0.15, 0.2) is 0 Å². The zero-order valence-corrected chi connectivity index (χ0v) is 11.4. The fourth-order valence-corrected chi connectivity index (χ4v) is 2.51. The van der Waals surface area contributed by atoms with Crippen molar-refractivity contribution in [3.8, 4) is 0 Å². The summed E-state index contributed by atoms with van der Waals surface area (Å²) in [6.45, 7) is 6.82. The van der Waals surface area contributed by atoms with E-state index in [2.05, 4.69) is 23.3 Å². The first-order chi connectivity index (χ1) is 9.63. The molecule has 0 aliphatic heterocycles. The van der Waals surface area contributed by atoms with Crippen molar-refractivity contribution in [3.63, 3.8) is 0 Å². The van der Waals surface area contributed by atoms with E-state index in [1.54, 1.807) is 24.4 Å². The summed E-state index contributed by atoms with van der Waals surface area (Å²) < 4.78 is 12.8. The largest absolute Gasteiger partial charge is 0.253 e. The predicted octanol–water partition coefficient (Wildman–Crippen LogP) is 5.28. The molecule has 1 heterocycles. The van der Waals surface area contributed by atoms with Crippen LogP contribution >= 0.6 is 11.8 Å². The molecule has 0 amide bonds. The number of halogens is 1. The number of hydrogen-bond donors (Lipinski definition) is 0. The third-order valence-corrected chi connectivity index (χ3v) is 3.48. The van der Waals surface area contributed by atoms with Crippen molar-refractivity contribution in [3.05, 3.63) is 71.4 Å². The van der Waals surface area contributed by atoms with Crippen molar-refractivity contribution in [2.24, 2.45) is 5.18 Å². The molecule has 0 aliphatic carbocycles. The predicted molar refractivity (Wildman–Crippen MR) is 81.6 cm³/mol. The number of fused-ring (bicyclic) bond motifs is 1. The molecule has 0 unspecified atom stereocenters. The third-order valence-electron chi connectivity index (χ3n) is 2.50. The maximum atomic E-state index is 12.8. The lowest BCUT2D eigenvalue weighted by Gasteiger charge is -2.04. The zero-order valence-electron chi connectivity index (χ0n) is 10.5. The number of thioether (sulfide) groups is 1. The van der Waals surface area contributed by atoms with Crippen LogP contribution in [0.25, 0.3) is 10.9 Å². The molecule has 0 N–H and O–H groups in total. The van der Waals surface area contributed by atoms with Crippen LogP contribution in [0.3, 0.4) is 0 Å². The van der Waals surface area contributed by atoms with Crippen LogP contribution in [0.2, 0.25) is 0 Å². The highest BCUT2D eigenvalue weighted by atomic mass is 32.2. The van der Waals surface area contributed by atoms with Gasteiger partial charge in [0.05, 0.1) is 5.52 Å². The second-order valence-corrected chi connectivity index (χ2v) is 5.06. The molecular formula is C15H11FN2OS. The Labute approximate surface area is 119 Å². The molecule has 1 aromatic heterocycles. The van der Waals surface area contributed by atoms with Gasteiger partial charge in [0.25, 0.3) is 0 Å². The van der Waals surface area contributed by atoms with E-state index in [4.69, 9.17) is 0 Å². The summed E-state index contributed by atoms with van der Waals surface area (Å²) in [6.07, 6.45) is 4.45. The summed E-state index contributed by atoms with van der Waals surface area (Å²) in [4.78, 5) is 16.3. The first-order valence-electron chi connectivity index (χ1n) is 5.72. The van der Waals surface area contributed by atoms with Crippen molar-refractivity contribution in [1.29, 1.82) is 0 Å². The van der Waals surface area contributed by atoms with Gasteiger partial charge in [0, 0.05) is 21.4 Å². The number of hydrogen-bond acceptors (Lipinski definition) is 4. The number of nitrogens with zero attached hydrogens (tertiary/aromatic N) is 2. The van der Waals surface area contributed by atoms with Gasteiger partial charge < -0.3 is 0 Å². The number of nitroso groups, excluding NO2 is 1. The summed E-state index contributed by atoms with van der Waals surface area (Å²) in [5.41, 5.74) is 0.849. The molecule has 0 atom stereocenters. The van der Waals surface area contributed by atoms with E-state index in [1.165, 1.54) is 17.8 Å². The molecule has 0 saturated heterocycles. The van der Waals surface area contributed by atoms with Crippen LogP contribution in [0.4, 0.5) is 10.1 Å². The lowest BCUT2D eigenvalue weighted by molar-refractivity contribution is 0.671. The molecule has 5 heteroatoms. The van der Waals surface area contributed by atoms with Gasteiger partial charge in [0.2, 0.25) is 0 Å².